The molecule has 0 aliphatic heterocycles. The Balaban J connectivity index is 2.28. The lowest BCUT2D eigenvalue weighted by molar-refractivity contribution is 0.102. The molecule has 0 spiro atoms. The Morgan fingerprint density at radius 3 is 2.79 bits per heavy atom. The second-order valence-corrected chi connectivity index (χ2v) is 4.84. The number of halogens is 2. The van der Waals surface area contributed by atoms with E-state index in [1.54, 1.807) is 25.1 Å². The monoisotopic (exact) mass is 298 g/mol. The van der Waals surface area contributed by atoms with E-state index in [1.165, 1.54) is 0 Å². The fraction of sp³-hybridized carbons (Fsp3) is 0.231. The third kappa shape index (κ3) is 2.91. The van der Waals surface area contributed by atoms with E-state index < -0.39 is 0 Å². The lowest BCUT2D eigenvalue weighted by atomic mass is 10.1. The average molecular weight is 299 g/mol. The maximum absolute atomic E-state index is 12.2. The van der Waals surface area contributed by atoms with Crippen LogP contribution in [0.5, 0.6) is 0 Å². The van der Waals surface area contributed by atoms with E-state index in [9.17, 15) is 4.79 Å². The van der Waals surface area contributed by atoms with Crippen molar-refractivity contribution >= 4 is 34.8 Å². The van der Waals surface area contributed by atoms with Gasteiger partial charge in [-0.05, 0) is 31.5 Å². The van der Waals surface area contributed by atoms with Crippen molar-refractivity contribution in [3.8, 4) is 0 Å². The predicted molar refractivity (Wildman–Crippen MR) is 75.0 cm³/mol. The third-order valence-corrected chi connectivity index (χ3v) is 3.22. The van der Waals surface area contributed by atoms with Crippen LogP contribution in [0.2, 0.25) is 10.0 Å². The number of anilines is 1. The van der Waals surface area contributed by atoms with E-state index in [0.29, 0.717) is 39.2 Å². The molecule has 1 aromatic carbocycles. The van der Waals surface area contributed by atoms with Crippen LogP contribution >= 0.6 is 23.2 Å². The third-order valence-electron chi connectivity index (χ3n) is 2.67. The molecule has 0 aliphatic rings. The lowest BCUT2D eigenvalue weighted by Crippen LogP contribution is -2.14. The molecule has 0 radical (unpaired) electrons. The quantitative estimate of drug-likeness (QED) is 0.928. The minimum Gasteiger partial charge on any atom is -0.361 e. The van der Waals surface area contributed by atoms with Crippen molar-refractivity contribution in [1.29, 1.82) is 0 Å². The first kappa shape index (κ1) is 13.9. The molecule has 0 aliphatic carbocycles. The SMILES string of the molecule is CCc1noc(C)c1C(=O)Nc1ccc(Cl)cc1Cl. The van der Waals surface area contributed by atoms with Crippen LogP contribution < -0.4 is 5.32 Å². The van der Waals surface area contributed by atoms with Crippen LogP contribution in [0.25, 0.3) is 0 Å². The number of carbonyl (C=O) groups is 1. The molecule has 0 bridgehead atoms. The molecule has 1 heterocycles. The summed E-state index contributed by atoms with van der Waals surface area (Å²) in [4.78, 5) is 12.2. The highest BCUT2D eigenvalue weighted by atomic mass is 35.5. The average Bonchev–Trinajstić information content (AvgIpc) is 2.74. The number of nitrogens with zero attached hydrogens (tertiary/aromatic N) is 1. The summed E-state index contributed by atoms with van der Waals surface area (Å²) >= 11 is 11.8. The molecular formula is C13H12Cl2N2O2. The summed E-state index contributed by atoms with van der Waals surface area (Å²) in [5.74, 6) is 0.194. The van der Waals surface area contributed by atoms with E-state index in [-0.39, 0.29) is 5.91 Å². The first-order valence-electron chi connectivity index (χ1n) is 5.74. The van der Waals surface area contributed by atoms with Gasteiger partial charge in [0, 0.05) is 5.02 Å². The first-order chi connectivity index (χ1) is 9.02. The Kier molecular flexibility index (Phi) is 4.12. The van der Waals surface area contributed by atoms with Gasteiger partial charge in [-0.2, -0.15) is 0 Å². The van der Waals surface area contributed by atoms with E-state index in [0.717, 1.165) is 0 Å². The Labute approximate surface area is 120 Å². The fourth-order valence-corrected chi connectivity index (χ4v) is 2.18. The van der Waals surface area contributed by atoms with Crippen molar-refractivity contribution in [2.24, 2.45) is 0 Å². The van der Waals surface area contributed by atoms with Crippen molar-refractivity contribution in [3.05, 3.63) is 45.3 Å². The zero-order chi connectivity index (χ0) is 14.0. The van der Waals surface area contributed by atoms with Crippen molar-refractivity contribution in [3.63, 3.8) is 0 Å². The molecule has 100 valence electrons. The largest absolute Gasteiger partial charge is 0.361 e. The second-order valence-electron chi connectivity index (χ2n) is 3.99. The van der Waals surface area contributed by atoms with Gasteiger partial charge in [0.2, 0.25) is 0 Å². The Morgan fingerprint density at radius 2 is 2.16 bits per heavy atom. The number of hydrogen-bond donors (Lipinski definition) is 1. The van der Waals surface area contributed by atoms with Crippen LogP contribution in [0.1, 0.15) is 28.7 Å². The van der Waals surface area contributed by atoms with Gasteiger partial charge < -0.3 is 9.84 Å². The predicted octanol–water partition coefficient (Wildman–Crippen LogP) is 4.10. The Hall–Kier alpha value is -1.52. The summed E-state index contributed by atoms with van der Waals surface area (Å²) in [6.45, 7) is 3.61. The number of nitrogens with one attached hydrogen (secondary N) is 1. The highest BCUT2D eigenvalue weighted by molar-refractivity contribution is 6.36. The normalized spacial score (nSPS) is 10.5. The topological polar surface area (TPSA) is 55.1 Å². The molecule has 0 unspecified atom stereocenters. The van der Waals surface area contributed by atoms with Gasteiger partial charge in [-0.15, -0.1) is 0 Å². The number of rotatable bonds is 3. The zero-order valence-electron chi connectivity index (χ0n) is 10.5. The number of amides is 1. The summed E-state index contributed by atoms with van der Waals surface area (Å²) in [5.41, 5.74) is 1.58. The van der Waals surface area contributed by atoms with Crippen molar-refractivity contribution in [1.82, 2.24) is 5.16 Å². The van der Waals surface area contributed by atoms with Crippen LogP contribution in [-0.4, -0.2) is 11.1 Å². The van der Waals surface area contributed by atoms with Gasteiger partial charge in [-0.25, -0.2) is 0 Å². The molecule has 0 saturated carbocycles. The van der Waals surface area contributed by atoms with E-state index in [4.69, 9.17) is 27.7 Å². The second kappa shape index (κ2) is 5.63. The zero-order valence-corrected chi connectivity index (χ0v) is 12.0. The summed E-state index contributed by atoms with van der Waals surface area (Å²) < 4.78 is 5.03. The van der Waals surface area contributed by atoms with Crippen LogP contribution in [0.15, 0.2) is 22.7 Å². The smallest absolute Gasteiger partial charge is 0.261 e. The standard InChI is InChI=1S/C13H12Cl2N2O2/c1-3-10-12(7(2)19-17-10)13(18)16-11-5-4-8(14)6-9(11)15/h4-6H,3H2,1-2H3,(H,16,18). The molecule has 1 amide bonds. The summed E-state index contributed by atoms with van der Waals surface area (Å²) in [5, 5.41) is 7.46. The molecule has 2 aromatic rings. The van der Waals surface area contributed by atoms with Crippen LogP contribution in [0.4, 0.5) is 5.69 Å². The van der Waals surface area contributed by atoms with Gasteiger partial charge >= 0.3 is 0 Å². The summed E-state index contributed by atoms with van der Waals surface area (Å²) in [6, 6.07) is 4.88. The molecule has 4 nitrogen and oxygen atoms in total. The molecule has 2 rings (SSSR count). The van der Waals surface area contributed by atoms with Crippen LogP contribution in [0.3, 0.4) is 0 Å². The van der Waals surface area contributed by atoms with Gasteiger partial charge in [0.25, 0.3) is 5.91 Å². The lowest BCUT2D eigenvalue weighted by Gasteiger charge is -2.07. The molecule has 0 fully saturated rings. The Morgan fingerprint density at radius 1 is 1.42 bits per heavy atom. The van der Waals surface area contributed by atoms with Gasteiger partial charge in [0.1, 0.15) is 11.3 Å². The van der Waals surface area contributed by atoms with E-state index >= 15 is 0 Å². The highest BCUT2D eigenvalue weighted by Gasteiger charge is 2.19. The van der Waals surface area contributed by atoms with Crippen molar-refractivity contribution in [2.45, 2.75) is 20.3 Å². The fourth-order valence-electron chi connectivity index (χ4n) is 1.73. The van der Waals surface area contributed by atoms with Gasteiger partial charge in [-0.1, -0.05) is 35.3 Å². The van der Waals surface area contributed by atoms with Gasteiger partial charge in [-0.3, -0.25) is 4.79 Å². The molecule has 0 saturated heterocycles. The number of benzene rings is 1. The Bertz CT molecular complexity index is 623. The van der Waals surface area contributed by atoms with Crippen molar-refractivity contribution in [2.75, 3.05) is 5.32 Å². The number of carbonyl (C=O) groups excluding carboxylic acids is 1. The summed E-state index contributed by atoms with van der Waals surface area (Å²) in [6.07, 6.45) is 0.619. The van der Waals surface area contributed by atoms with Crippen molar-refractivity contribution < 1.29 is 9.32 Å². The number of hydrogen-bond acceptors (Lipinski definition) is 3. The maximum atomic E-state index is 12.2. The highest BCUT2D eigenvalue weighted by Crippen LogP contribution is 2.26. The molecule has 0 atom stereocenters. The first-order valence-corrected chi connectivity index (χ1v) is 6.50. The minimum absolute atomic E-state index is 0.292. The molecule has 1 N–H and O–H groups in total. The summed E-state index contributed by atoms with van der Waals surface area (Å²) in [7, 11) is 0. The van der Waals surface area contributed by atoms with Crippen LogP contribution in [-0.2, 0) is 6.42 Å². The number of aromatic nitrogens is 1. The molecule has 6 heteroatoms. The van der Waals surface area contributed by atoms with E-state index in [1.807, 2.05) is 6.92 Å². The molecule has 1 aromatic heterocycles. The van der Waals surface area contributed by atoms with Gasteiger partial charge in [0.15, 0.2) is 0 Å². The maximum Gasteiger partial charge on any atom is 0.261 e. The van der Waals surface area contributed by atoms with Crippen LogP contribution in [0, 0.1) is 6.92 Å². The minimum atomic E-state index is -0.292. The molecule has 19 heavy (non-hydrogen) atoms. The number of aryl methyl sites for hydroxylation is 2. The molecular weight excluding hydrogens is 287 g/mol. The van der Waals surface area contributed by atoms with E-state index in [2.05, 4.69) is 10.5 Å². The van der Waals surface area contributed by atoms with Gasteiger partial charge in [0.05, 0.1) is 16.4 Å².